The lowest BCUT2D eigenvalue weighted by Crippen LogP contribution is -2.35. The summed E-state index contributed by atoms with van der Waals surface area (Å²) >= 11 is 0. The summed E-state index contributed by atoms with van der Waals surface area (Å²) in [6.07, 6.45) is 1.34. The Bertz CT molecular complexity index is 1250. The third-order valence-corrected chi connectivity index (χ3v) is 5.38. The largest absolute Gasteiger partial charge is 0.497 e. The van der Waals surface area contributed by atoms with Crippen molar-refractivity contribution in [3.63, 3.8) is 0 Å². The minimum Gasteiger partial charge on any atom is -0.497 e. The van der Waals surface area contributed by atoms with E-state index in [4.69, 9.17) is 15.2 Å². The summed E-state index contributed by atoms with van der Waals surface area (Å²) in [6, 6.07) is 24.4. The van der Waals surface area contributed by atoms with Crippen molar-refractivity contribution in [2.45, 2.75) is 5.92 Å². The number of nitrogen functional groups attached to an aromatic ring is 1. The molecule has 5 N–H and O–H groups in total. The number of hydrogen-bond donors (Lipinski definition) is 4. The molecule has 0 aliphatic heterocycles. The Hall–Kier alpha value is -4.79. The monoisotopic (exact) mass is 470 g/mol. The number of ether oxygens (including phenoxy) is 2. The van der Waals surface area contributed by atoms with Gasteiger partial charge in [-0.3, -0.25) is 15.6 Å². The molecule has 9 nitrogen and oxygen atoms in total. The molecule has 0 bridgehead atoms. The number of nitrogens with zero attached hydrogens (tertiary/aromatic N) is 2. The molecule has 3 aromatic carbocycles. The van der Waals surface area contributed by atoms with Crippen LogP contribution in [0.1, 0.15) is 17.0 Å². The Balaban J connectivity index is 1.54. The van der Waals surface area contributed by atoms with Crippen molar-refractivity contribution in [1.82, 2.24) is 15.4 Å². The van der Waals surface area contributed by atoms with Crippen LogP contribution in [0, 0.1) is 0 Å². The predicted octanol–water partition coefficient (Wildman–Crippen LogP) is 4.09. The van der Waals surface area contributed by atoms with Crippen LogP contribution in [0.15, 0.2) is 85.2 Å². The van der Waals surface area contributed by atoms with E-state index in [0.717, 1.165) is 11.1 Å². The molecule has 0 radical (unpaired) electrons. The van der Waals surface area contributed by atoms with Crippen molar-refractivity contribution in [2.24, 2.45) is 0 Å². The molecule has 4 rings (SSSR count). The summed E-state index contributed by atoms with van der Waals surface area (Å²) in [7, 11) is 3.14. The fraction of sp³-hybridized carbons (Fsp3) is 0.115. The van der Waals surface area contributed by atoms with E-state index in [1.807, 2.05) is 60.7 Å². The lowest BCUT2D eigenvalue weighted by molar-refractivity contribution is -0.121. The number of carbonyl (C=O) groups is 1. The number of nitrogens with one attached hydrogen (secondary N) is 3. The lowest BCUT2D eigenvalue weighted by atomic mass is 9.91. The molecule has 0 atom stereocenters. The number of rotatable bonds is 9. The van der Waals surface area contributed by atoms with Gasteiger partial charge >= 0.3 is 0 Å². The van der Waals surface area contributed by atoms with Crippen LogP contribution >= 0.6 is 0 Å². The third-order valence-electron chi connectivity index (χ3n) is 5.38. The first-order valence-corrected chi connectivity index (χ1v) is 10.9. The summed E-state index contributed by atoms with van der Waals surface area (Å²) < 4.78 is 10.7. The molecule has 1 heterocycles. The maximum absolute atomic E-state index is 13.3. The number of nitrogens with two attached hydrogens (primary N) is 1. The van der Waals surface area contributed by atoms with Crippen LogP contribution in [0.2, 0.25) is 0 Å². The SMILES string of the molecule is COc1ccc(OC)c(Nc2ncnc(NNC(=O)C(c3ccccc3)c3ccccc3)c2N)c1. The highest BCUT2D eigenvalue weighted by Gasteiger charge is 2.23. The molecule has 9 heteroatoms. The van der Waals surface area contributed by atoms with Gasteiger partial charge in [0, 0.05) is 6.07 Å². The second-order valence-corrected chi connectivity index (χ2v) is 7.54. The first-order valence-electron chi connectivity index (χ1n) is 10.9. The van der Waals surface area contributed by atoms with Crippen molar-refractivity contribution in [3.05, 3.63) is 96.3 Å². The van der Waals surface area contributed by atoms with Crippen LogP contribution in [0.4, 0.5) is 23.0 Å². The predicted molar refractivity (Wildman–Crippen MR) is 136 cm³/mol. The number of benzene rings is 3. The third kappa shape index (κ3) is 5.41. The smallest absolute Gasteiger partial charge is 0.250 e. The van der Waals surface area contributed by atoms with Crippen LogP contribution in [0.5, 0.6) is 11.5 Å². The molecule has 35 heavy (non-hydrogen) atoms. The zero-order valence-corrected chi connectivity index (χ0v) is 19.4. The summed E-state index contributed by atoms with van der Waals surface area (Å²) in [5, 5.41) is 3.14. The molecule has 0 spiro atoms. The molecule has 1 aromatic heterocycles. The van der Waals surface area contributed by atoms with E-state index in [0.29, 0.717) is 23.0 Å². The first kappa shape index (κ1) is 23.4. The van der Waals surface area contributed by atoms with Crippen molar-refractivity contribution in [2.75, 3.05) is 30.7 Å². The van der Waals surface area contributed by atoms with Gasteiger partial charge in [-0.25, -0.2) is 9.97 Å². The highest BCUT2D eigenvalue weighted by atomic mass is 16.5. The van der Waals surface area contributed by atoms with Crippen molar-refractivity contribution >= 4 is 28.9 Å². The second kappa shape index (κ2) is 10.9. The summed E-state index contributed by atoms with van der Waals surface area (Å²) in [5.41, 5.74) is 14.4. The van der Waals surface area contributed by atoms with Gasteiger partial charge in [-0.2, -0.15) is 0 Å². The molecule has 0 saturated carbocycles. The highest BCUT2D eigenvalue weighted by molar-refractivity contribution is 5.89. The summed E-state index contributed by atoms with van der Waals surface area (Å²) in [4.78, 5) is 21.7. The van der Waals surface area contributed by atoms with E-state index in [9.17, 15) is 4.79 Å². The standard InChI is InChI=1S/C26H26N6O3/c1-34-19-13-14-21(35-2)20(15-19)30-24-23(27)25(29-16-28-24)31-32-26(33)22(17-9-5-3-6-10-17)18-11-7-4-8-12-18/h3-16,22H,27H2,1-2H3,(H,32,33)(H2,28,29,30,31). The molecule has 1 amide bonds. The van der Waals surface area contributed by atoms with Gasteiger partial charge in [-0.1, -0.05) is 60.7 Å². The van der Waals surface area contributed by atoms with Gasteiger partial charge in [0.1, 0.15) is 23.5 Å². The van der Waals surface area contributed by atoms with Crippen LogP contribution in [-0.2, 0) is 4.79 Å². The second-order valence-electron chi connectivity index (χ2n) is 7.54. The van der Waals surface area contributed by atoms with Crippen LogP contribution in [-0.4, -0.2) is 30.1 Å². The van der Waals surface area contributed by atoms with Gasteiger partial charge in [0.05, 0.1) is 25.8 Å². The average molecular weight is 471 g/mol. The molecule has 4 aromatic rings. The van der Waals surface area contributed by atoms with Crippen LogP contribution in [0.25, 0.3) is 0 Å². The minimum atomic E-state index is -0.522. The Labute approximate surface area is 203 Å². The topological polar surface area (TPSA) is 123 Å². The van der Waals surface area contributed by atoms with Crippen molar-refractivity contribution in [3.8, 4) is 11.5 Å². The fourth-order valence-electron chi connectivity index (χ4n) is 3.61. The van der Waals surface area contributed by atoms with E-state index >= 15 is 0 Å². The fourth-order valence-corrected chi connectivity index (χ4v) is 3.61. The number of carbonyl (C=O) groups excluding carboxylic acids is 1. The van der Waals surface area contributed by atoms with Crippen LogP contribution < -0.4 is 31.4 Å². The Kier molecular flexibility index (Phi) is 7.27. The van der Waals surface area contributed by atoms with Gasteiger partial charge < -0.3 is 20.5 Å². The molecule has 0 unspecified atom stereocenters. The molecule has 0 saturated heterocycles. The van der Waals surface area contributed by atoms with E-state index < -0.39 is 5.92 Å². The zero-order valence-electron chi connectivity index (χ0n) is 19.4. The van der Waals surface area contributed by atoms with Gasteiger partial charge in [0.25, 0.3) is 0 Å². The van der Waals surface area contributed by atoms with Gasteiger partial charge in [0.15, 0.2) is 11.6 Å². The van der Waals surface area contributed by atoms with Crippen molar-refractivity contribution in [1.29, 1.82) is 0 Å². The van der Waals surface area contributed by atoms with E-state index in [1.54, 1.807) is 32.4 Å². The van der Waals surface area contributed by atoms with E-state index in [2.05, 4.69) is 26.1 Å². The summed E-state index contributed by atoms with van der Waals surface area (Å²) in [5.74, 6) is 1.03. The van der Waals surface area contributed by atoms with E-state index in [1.165, 1.54) is 6.33 Å². The molecule has 0 aliphatic rings. The lowest BCUT2D eigenvalue weighted by Gasteiger charge is -2.19. The Morgan fingerprint density at radius 2 is 1.49 bits per heavy atom. The van der Waals surface area contributed by atoms with Crippen LogP contribution in [0.3, 0.4) is 0 Å². The molecule has 0 fully saturated rings. The number of hydrazine groups is 1. The zero-order chi connectivity index (χ0) is 24.6. The van der Waals surface area contributed by atoms with E-state index in [-0.39, 0.29) is 17.4 Å². The summed E-state index contributed by atoms with van der Waals surface area (Å²) in [6.45, 7) is 0. The molecule has 0 aliphatic carbocycles. The minimum absolute atomic E-state index is 0.216. The molecular weight excluding hydrogens is 444 g/mol. The molecule has 178 valence electrons. The quantitative estimate of drug-likeness (QED) is 0.270. The number of aromatic nitrogens is 2. The van der Waals surface area contributed by atoms with Gasteiger partial charge in [0.2, 0.25) is 5.91 Å². The first-order chi connectivity index (χ1) is 17.1. The normalized spacial score (nSPS) is 10.5. The average Bonchev–Trinajstić information content (AvgIpc) is 2.90. The van der Waals surface area contributed by atoms with Gasteiger partial charge in [-0.15, -0.1) is 0 Å². The maximum Gasteiger partial charge on any atom is 0.250 e. The number of amides is 1. The maximum atomic E-state index is 13.3. The van der Waals surface area contributed by atoms with Crippen molar-refractivity contribution < 1.29 is 14.3 Å². The Morgan fingerprint density at radius 3 is 2.09 bits per heavy atom. The Morgan fingerprint density at radius 1 is 0.857 bits per heavy atom. The highest BCUT2D eigenvalue weighted by Crippen LogP contribution is 2.33. The number of methoxy groups -OCH3 is 2. The van der Waals surface area contributed by atoms with Gasteiger partial charge in [-0.05, 0) is 23.3 Å². The molecular formula is C26H26N6O3. The number of anilines is 4. The number of hydrogen-bond acceptors (Lipinski definition) is 8.